The fraction of sp³-hybridized carbons (Fsp3) is 0.346. The number of methoxy groups -OCH3 is 1. The average Bonchev–Trinajstić information content (AvgIpc) is 3.37. The summed E-state index contributed by atoms with van der Waals surface area (Å²) in [6, 6.07) is 17.3. The molecule has 1 N–H and O–H groups in total. The third-order valence-electron chi connectivity index (χ3n) is 6.15. The van der Waals surface area contributed by atoms with Crippen molar-refractivity contribution in [2.75, 3.05) is 20.2 Å². The maximum absolute atomic E-state index is 12.7. The lowest BCUT2D eigenvalue weighted by atomic mass is 10.0. The van der Waals surface area contributed by atoms with Gasteiger partial charge in [-0.3, -0.25) is 9.59 Å². The van der Waals surface area contributed by atoms with Crippen LogP contribution in [0.5, 0.6) is 0 Å². The molecule has 0 spiro atoms. The topological polar surface area (TPSA) is 84.7 Å². The van der Waals surface area contributed by atoms with Gasteiger partial charge in [0.2, 0.25) is 11.8 Å². The minimum atomic E-state index is -0.214. The highest BCUT2D eigenvalue weighted by Gasteiger charge is 2.25. The van der Waals surface area contributed by atoms with Gasteiger partial charge in [0.1, 0.15) is 6.26 Å². The SMILES string of the molecule is COC1CCN(C(=O)c2coc(-c3ccc(CNC(=O)C(C)c4ccccc4)cc3)n2)CC1. The highest BCUT2D eigenvalue weighted by molar-refractivity contribution is 5.92. The van der Waals surface area contributed by atoms with Crippen LogP contribution >= 0.6 is 0 Å². The summed E-state index contributed by atoms with van der Waals surface area (Å²) in [6.07, 6.45) is 3.29. The first kappa shape index (κ1) is 22.7. The van der Waals surface area contributed by atoms with Crippen molar-refractivity contribution in [2.24, 2.45) is 0 Å². The Labute approximate surface area is 193 Å². The maximum Gasteiger partial charge on any atom is 0.275 e. The predicted molar refractivity (Wildman–Crippen MR) is 125 cm³/mol. The van der Waals surface area contributed by atoms with Crippen LogP contribution < -0.4 is 5.32 Å². The molecule has 1 aliphatic heterocycles. The van der Waals surface area contributed by atoms with E-state index in [0.717, 1.165) is 29.5 Å². The Kier molecular flexibility index (Phi) is 7.19. The first-order chi connectivity index (χ1) is 16.0. The first-order valence-electron chi connectivity index (χ1n) is 11.2. The summed E-state index contributed by atoms with van der Waals surface area (Å²) in [5.41, 5.74) is 3.05. The molecule has 7 heteroatoms. The van der Waals surface area contributed by atoms with Gasteiger partial charge in [-0.2, -0.15) is 0 Å². The standard InChI is InChI=1S/C26H29N3O4/c1-18(20-6-4-3-5-7-20)24(30)27-16-19-8-10-21(11-9-19)25-28-23(17-33-25)26(31)29-14-12-22(32-2)13-15-29/h3-11,17-18,22H,12-16H2,1-2H3,(H,27,30). The first-order valence-corrected chi connectivity index (χ1v) is 11.2. The van der Waals surface area contributed by atoms with E-state index in [1.54, 1.807) is 12.0 Å². The van der Waals surface area contributed by atoms with Crippen molar-refractivity contribution < 1.29 is 18.7 Å². The molecular formula is C26H29N3O4. The molecule has 0 bridgehead atoms. The number of amides is 2. The molecule has 2 aromatic carbocycles. The Morgan fingerprint density at radius 2 is 1.82 bits per heavy atom. The van der Waals surface area contributed by atoms with E-state index in [9.17, 15) is 9.59 Å². The van der Waals surface area contributed by atoms with Gasteiger partial charge in [0.15, 0.2) is 5.69 Å². The highest BCUT2D eigenvalue weighted by atomic mass is 16.5. The molecule has 1 atom stereocenters. The number of piperidine rings is 1. The second-order valence-corrected chi connectivity index (χ2v) is 8.31. The van der Waals surface area contributed by atoms with Crippen LogP contribution in [-0.4, -0.2) is 48.0 Å². The summed E-state index contributed by atoms with van der Waals surface area (Å²) in [6.45, 7) is 3.64. The Morgan fingerprint density at radius 3 is 2.48 bits per heavy atom. The van der Waals surface area contributed by atoms with Gasteiger partial charge in [0, 0.05) is 32.3 Å². The van der Waals surface area contributed by atoms with Gasteiger partial charge in [-0.05, 0) is 43.0 Å². The molecule has 172 valence electrons. The smallest absolute Gasteiger partial charge is 0.275 e. The molecule has 7 nitrogen and oxygen atoms in total. The van der Waals surface area contributed by atoms with Crippen LogP contribution in [0.3, 0.4) is 0 Å². The van der Waals surface area contributed by atoms with Gasteiger partial charge in [-0.15, -0.1) is 0 Å². The molecule has 2 heterocycles. The van der Waals surface area contributed by atoms with E-state index in [1.165, 1.54) is 6.26 Å². The summed E-state index contributed by atoms with van der Waals surface area (Å²) >= 11 is 0. The number of hydrogen-bond acceptors (Lipinski definition) is 5. The quantitative estimate of drug-likeness (QED) is 0.592. The van der Waals surface area contributed by atoms with Gasteiger partial charge in [-0.25, -0.2) is 4.98 Å². The second kappa shape index (κ2) is 10.4. The number of oxazole rings is 1. The molecule has 1 fully saturated rings. The minimum Gasteiger partial charge on any atom is -0.444 e. The zero-order chi connectivity index (χ0) is 23.2. The summed E-state index contributed by atoms with van der Waals surface area (Å²) in [5, 5.41) is 2.98. The average molecular weight is 448 g/mol. The Hall–Kier alpha value is -3.45. The van der Waals surface area contributed by atoms with E-state index in [0.29, 0.717) is 31.2 Å². The number of nitrogens with one attached hydrogen (secondary N) is 1. The zero-order valence-corrected chi connectivity index (χ0v) is 19.0. The Balaban J connectivity index is 1.33. The molecule has 4 rings (SSSR count). The minimum absolute atomic E-state index is 0.0179. The third-order valence-corrected chi connectivity index (χ3v) is 6.15. The second-order valence-electron chi connectivity index (χ2n) is 8.31. The summed E-state index contributed by atoms with van der Waals surface area (Å²) in [7, 11) is 1.70. The van der Waals surface area contributed by atoms with E-state index in [1.807, 2.05) is 61.5 Å². The number of aromatic nitrogens is 1. The number of rotatable bonds is 7. The predicted octanol–water partition coefficient (Wildman–Crippen LogP) is 4.01. The van der Waals surface area contributed by atoms with Crippen molar-refractivity contribution in [3.63, 3.8) is 0 Å². The normalized spacial score (nSPS) is 15.3. The van der Waals surface area contributed by atoms with Crippen LogP contribution in [0.15, 0.2) is 65.3 Å². The van der Waals surface area contributed by atoms with Crippen molar-refractivity contribution in [3.05, 3.63) is 77.7 Å². The van der Waals surface area contributed by atoms with E-state index in [-0.39, 0.29) is 23.8 Å². The summed E-state index contributed by atoms with van der Waals surface area (Å²) in [5.74, 6) is 0.0505. The van der Waals surface area contributed by atoms with Crippen LogP contribution in [0, 0.1) is 0 Å². The van der Waals surface area contributed by atoms with E-state index < -0.39 is 0 Å². The number of likely N-dealkylation sites (tertiary alicyclic amines) is 1. The van der Waals surface area contributed by atoms with Crippen LogP contribution in [0.25, 0.3) is 11.5 Å². The van der Waals surface area contributed by atoms with Gasteiger partial charge >= 0.3 is 0 Å². The lowest BCUT2D eigenvalue weighted by Crippen LogP contribution is -2.40. The number of carbonyl (C=O) groups is 2. The maximum atomic E-state index is 12.7. The third kappa shape index (κ3) is 5.49. The van der Waals surface area contributed by atoms with Crippen molar-refractivity contribution in [2.45, 2.75) is 38.3 Å². The Morgan fingerprint density at radius 1 is 1.12 bits per heavy atom. The van der Waals surface area contributed by atoms with Gasteiger partial charge in [0.05, 0.1) is 12.0 Å². The van der Waals surface area contributed by atoms with Crippen LogP contribution in [-0.2, 0) is 16.1 Å². The molecule has 1 aromatic heterocycles. The zero-order valence-electron chi connectivity index (χ0n) is 19.0. The van der Waals surface area contributed by atoms with Crippen molar-refractivity contribution in [3.8, 4) is 11.5 Å². The summed E-state index contributed by atoms with van der Waals surface area (Å²) in [4.78, 5) is 31.4. The van der Waals surface area contributed by atoms with Crippen LogP contribution in [0.4, 0.5) is 0 Å². The number of nitrogens with zero attached hydrogens (tertiary/aromatic N) is 2. The van der Waals surface area contributed by atoms with E-state index in [2.05, 4.69) is 10.3 Å². The molecule has 1 unspecified atom stereocenters. The van der Waals surface area contributed by atoms with Gasteiger partial charge < -0.3 is 19.4 Å². The molecule has 3 aromatic rings. The monoisotopic (exact) mass is 447 g/mol. The van der Waals surface area contributed by atoms with Crippen molar-refractivity contribution >= 4 is 11.8 Å². The van der Waals surface area contributed by atoms with E-state index >= 15 is 0 Å². The molecule has 0 aliphatic carbocycles. The van der Waals surface area contributed by atoms with Crippen molar-refractivity contribution in [1.82, 2.24) is 15.2 Å². The number of carbonyl (C=O) groups excluding carboxylic acids is 2. The van der Waals surface area contributed by atoms with Gasteiger partial charge in [-0.1, -0.05) is 42.5 Å². The number of ether oxygens (including phenoxy) is 1. The molecule has 1 saturated heterocycles. The highest BCUT2D eigenvalue weighted by Crippen LogP contribution is 2.22. The van der Waals surface area contributed by atoms with Gasteiger partial charge in [0.25, 0.3) is 5.91 Å². The fourth-order valence-corrected chi connectivity index (χ4v) is 3.96. The molecule has 33 heavy (non-hydrogen) atoms. The Bertz CT molecular complexity index is 1070. The molecule has 1 aliphatic rings. The number of hydrogen-bond donors (Lipinski definition) is 1. The molecule has 0 saturated carbocycles. The van der Waals surface area contributed by atoms with E-state index in [4.69, 9.17) is 9.15 Å². The molecule has 0 radical (unpaired) electrons. The fourth-order valence-electron chi connectivity index (χ4n) is 3.96. The van der Waals surface area contributed by atoms with Crippen LogP contribution in [0.1, 0.15) is 47.3 Å². The van der Waals surface area contributed by atoms with Crippen LogP contribution in [0.2, 0.25) is 0 Å². The largest absolute Gasteiger partial charge is 0.444 e. The van der Waals surface area contributed by atoms with Crippen molar-refractivity contribution in [1.29, 1.82) is 0 Å². The summed E-state index contributed by atoms with van der Waals surface area (Å²) < 4.78 is 10.9. The molecular weight excluding hydrogens is 418 g/mol. The lowest BCUT2D eigenvalue weighted by molar-refractivity contribution is -0.122. The molecule has 2 amide bonds. The number of benzene rings is 2. The lowest BCUT2D eigenvalue weighted by Gasteiger charge is -2.30.